The third-order valence-electron chi connectivity index (χ3n) is 1.90. The highest BCUT2D eigenvalue weighted by atomic mass is 35.5. The molecule has 0 spiro atoms. The summed E-state index contributed by atoms with van der Waals surface area (Å²) in [4.78, 5) is 20.5. The second kappa shape index (κ2) is 2.68. The molecule has 1 aliphatic heterocycles. The Bertz CT molecular complexity index is 416. The van der Waals surface area contributed by atoms with Gasteiger partial charge in [0, 0.05) is 17.7 Å². The van der Waals surface area contributed by atoms with Crippen LogP contribution in [-0.4, -0.2) is 10.9 Å². The maximum Gasteiger partial charge on any atom is 0.374 e. The first-order valence-corrected chi connectivity index (χ1v) is 4.09. The maximum atomic E-state index is 10.7. The van der Waals surface area contributed by atoms with E-state index < -0.39 is 16.0 Å². The van der Waals surface area contributed by atoms with Crippen LogP contribution in [-0.2, 0) is 14.6 Å². The van der Waals surface area contributed by atoms with E-state index in [9.17, 15) is 14.9 Å². The largest absolute Gasteiger partial charge is 0.423 e. The van der Waals surface area contributed by atoms with Gasteiger partial charge in [-0.25, -0.2) is 4.79 Å². The van der Waals surface area contributed by atoms with E-state index in [0.29, 0.717) is 5.56 Å². The second-order valence-corrected chi connectivity index (χ2v) is 3.32. The molecule has 1 fully saturated rings. The minimum atomic E-state index is -1.41. The third kappa shape index (κ3) is 1.22. The molecule has 1 aliphatic rings. The van der Waals surface area contributed by atoms with E-state index in [2.05, 4.69) is 4.74 Å². The van der Waals surface area contributed by atoms with Gasteiger partial charge in [-0.15, -0.1) is 0 Å². The molecule has 1 atom stereocenters. The molecule has 0 aromatic heterocycles. The van der Waals surface area contributed by atoms with E-state index in [0.717, 1.165) is 0 Å². The quantitative estimate of drug-likeness (QED) is 0.323. The summed E-state index contributed by atoms with van der Waals surface area (Å²) in [5.41, 5.74) is 0.358. The highest BCUT2D eigenvalue weighted by molar-refractivity contribution is 6.38. The van der Waals surface area contributed by atoms with Gasteiger partial charge in [-0.3, -0.25) is 10.1 Å². The topological polar surface area (TPSA) is 72.7 Å². The number of epoxide rings is 1. The Kier molecular flexibility index (Phi) is 1.72. The summed E-state index contributed by atoms with van der Waals surface area (Å²) in [6.45, 7) is 0. The molecule has 14 heavy (non-hydrogen) atoms. The zero-order valence-electron chi connectivity index (χ0n) is 6.77. The first-order chi connectivity index (χ1) is 6.54. The van der Waals surface area contributed by atoms with Crippen molar-refractivity contribution in [3.05, 3.63) is 39.9 Å². The molecule has 6 heteroatoms. The molecule has 0 radical (unpaired) electrons. The number of nitro groups is 1. The van der Waals surface area contributed by atoms with Gasteiger partial charge in [0.25, 0.3) is 5.69 Å². The Labute approximate surface area is 83.4 Å². The Balaban J connectivity index is 2.31. The minimum absolute atomic E-state index is 0.0536. The smallest absolute Gasteiger partial charge is 0.374 e. The van der Waals surface area contributed by atoms with Gasteiger partial charge >= 0.3 is 11.0 Å². The number of cyclic esters (lactones) is 1. The van der Waals surface area contributed by atoms with Crippen LogP contribution in [0.15, 0.2) is 24.3 Å². The van der Waals surface area contributed by atoms with Crippen LogP contribution in [0.2, 0.25) is 0 Å². The van der Waals surface area contributed by atoms with Gasteiger partial charge < -0.3 is 4.74 Å². The standard InChI is InChI=1S/C8H4ClNO4/c9-8(7(11)14-8)5-1-3-6(4-2-5)10(12)13/h1-4H. The highest BCUT2D eigenvalue weighted by Crippen LogP contribution is 2.44. The van der Waals surface area contributed by atoms with Crippen molar-refractivity contribution in [1.29, 1.82) is 0 Å². The Hall–Kier alpha value is -1.62. The number of non-ortho nitro benzene ring substituents is 1. The minimum Gasteiger partial charge on any atom is -0.423 e. The number of halogens is 1. The van der Waals surface area contributed by atoms with Crippen molar-refractivity contribution in [2.75, 3.05) is 0 Å². The van der Waals surface area contributed by atoms with Crippen molar-refractivity contribution in [2.45, 2.75) is 5.06 Å². The molecule has 2 rings (SSSR count). The second-order valence-electron chi connectivity index (χ2n) is 2.79. The number of hydrogen-bond acceptors (Lipinski definition) is 4. The highest BCUT2D eigenvalue weighted by Gasteiger charge is 2.58. The van der Waals surface area contributed by atoms with Crippen LogP contribution in [0.5, 0.6) is 0 Å². The SMILES string of the molecule is O=C1OC1(Cl)c1ccc([N+](=O)[O-])cc1. The number of carbonyl (C=O) groups excluding carboxylic acids is 1. The fourth-order valence-electron chi connectivity index (χ4n) is 1.08. The first-order valence-electron chi connectivity index (χ1n) is 3.71. The Morgan fingerprint density at radius 3 is 2.21 bits per heavy atom. The van der Waals surface area contributed by atoms with Crippen LogP contribution in [0.25, 0.3) is 0 Å². The Morgan fingerprint density at radius 1 is 1.36 bits per heavy atom. The van der Waals surface area contributed by atoms with Gasteiger partial charge in [-0.05, 0) is 12.1 Å². The number of ether oxygens (including phenoxy) is 1. The lowest BCUT2D eigenvalue weighted by Crippen LogP contribution is -2.00. The maximum absolute atomic E-state index is 10.7. The summed E-state index contributed by atoms with van der Waals surface area (Å²) >= 11 is 5.71. The molecule has 0 bridgehead atoms. The van der Waals surface area contributed by atoms with E-state index in [-0.39, 0.29) is 5.69 Å². The summed E-state index contributed by atoms with van der Waals surface area (Å²) in [5.74, 6) is -0.534. The van der Waals surface area contributed by atoms with Gasteiger partial charge in [0.15, 0.2) is 0 Å². The summed E-state index contributed by atoms with van der Waals surface area (Å²) in [6, 6.07) is 5.34. The molecule has 72 valence electrons. The van der Waals surface area contributed by atoms with Gasteiger partial charge in [0.2, 0.25) is 0 Å². The first kappa shape index (κ1) is 8.96. The van der Waals surface area contributed by atoms with Gasteiger partial charge in [-0.2, -0.15) is 0 Å². The summed E-state index contributed by atoms with van der Waals surface area (Å²) in [7, 11) is 0. The lowest BCUT2D eigenvalue weighted by molar-refractivity contribution is -0.384. The number of hydrogen-bond donors (Lipinski definition) is 0. The molecule has 0 amide bonds. The number of alkyl halides is 1. The summed E-state index contributed by atoms with van der Waals surface area (Å²) in [6.07, 6.45) is 0. The predicted molar refractivity (Wildman–Crippen MR) is 46.7 cm³/mol. The van der Waals surface area contributed by atoms with Crippen LogP contribution >= 0.6 is 11.6 Å². The van der Waals surface area contributed by atoms with E-state index in [4.69, 9.17) is 11.6 Å². The van der Waals surface area contributed by atoms with Crippen molar-refractivity contribution in [3.63, 3.8) is 0 Å². The molecule has 0 saturated carbocycles. The van der Waals surface area contributed by atoms with Crippen LogP contribution in [0, 0.1) is 10.1 Å². The molecule has 0 aliphatic carbocycles. The van der Waals surface area contributed by atoms with Crippen molar-refractivity contribution in [2.24, 2.45) is 0 Å². The molecule has 1 unspecified atom stereocenters. The molecular weight excluding hydrogens is 210 g/mol. The number of benzene rings is 1. The van der Waals surface area contributed by atoms with Crippen LogP contribution in [0.4, 0.5) is 5.69 Å². The predicted octanol–water partition coefficient (Wildman–Crippen LogP) is 1.54. The molecule has 5 nitrogen and oxygen atoms in total. The Morgan fingerprint density at radius 2 is 1.86 bits per heavy atom. The summed E-state index contributed by atoms with van der Waals surface area (Å²) in [5, 5.41) is 8.91. The van der Waals surface area contributed by atoms with Gasteiger partial charge in [-0.1, -0.05) is 11.6 Å². The molecular formula is C8H4ClNO4. The van der Waals surface area contributed by atoms with E-state index in [1.165, 1.54) is 24.3 Å². The average Bonchev–Trinajstić information content (AvgIpc) is 2.76. The van der Waals surface area contributed by atoms with Crippen molar-refractivity contribution < 1.29 is 14.5 Å². The zero-order valence-corrected chi connectivity index (χ0v) is 7.52. The number of carbonyl (C=O) groups is 1. The van der Waals surface area contributed by atoms with Crippen molar-refractivity contribution >= 4 is 23.3 Å². The van der Waals surface area contributed by atoms with E-state index in [1.54, 1.807) is 0 Å². The number of rotatable bonds is 2. The zero-order chi connectivity index (χ0) is 10.3. The monoisotopic (exact) mass is 213 g/mol. The van der Waals surface area contributed by atoms with Crippen molar-refractivity contribution in [3.8, 4) is 0 Å². The fraction of sp³-hybridized carbons (Fsp3) is 0.125. The fourth-order valence-corrected chi connectivity index (χ4v) is 1.27. The van der Waals surface area contributed by atoms with E-state index >= 15 is 0 Å². The van der Waals surface area contributed by atoms with Gasteiger partial charge in [0.1, 0.15) is 0 Å². The van der Waals surface area contributed by atoms with E-state index in [1.807, 2.05) is 0 Å². The number of nitro benzene ring substituents is 1. The lowest BCUT2D eigenvalue weighted by Gasteiger charge is -1.98. The molecule has 1 saturated heterocycles. The average molecular weight is 214 g/mol. The normalized spacial score (nSPS) is 24.2. The molecule has 1 aromatic carbocycles. The lowest BCUT2D eigenvalue weighted by atomic mass is 10.1. The van der Waals surface area contributed by atoms with Crippen LogP contribution in [0.3, 0.4) is 0 Å². The molecule has 1 aromatic rings. The molecule has 1 heterocycles. The van der Waals surface area contributed by atoms with Gasteiger partial charge in [0.05, 0.1) is 4.92 Å². The van der Waals surface area contributed by atoms with Crippen molar-refractivity contribution in [1.82, 2.24) is 0 Å². The molecule has 0 N–H and O–H groups in total. The van der Waals surface area contributed by atoms with Crippen LogP contribution in [0.1, 0.15) is 5.56 Å². The van der Waals surface area contributed by atoms with Crippen LogP contribution < -0.4 is 0 Å². The third-order valence-corrected chi connectivity index (χ3v) is 2.35. The summed E-state index contributed by atoms with van der Waals surface area (Å²) < 4.78 is 4.55. The number of nitrogens with zero attached hydrogens (tertiary/aromatic N) is 1.